The van der Waals surface area contributed by atoms with Crippen LogP contribution in [0, 0.1) is 5.92 Å². The number of ether oxygens (including phenoxy) is 2. The molecule has 1 aromatic rings. The maximum absolute atomic E-state index is 5.87. The molecule has 142 valence electrons. The van der Waals surface area contributed by atoms with Crippen molar-refractivity contribution in [3.8, 4) is 0 Å². The van der Waals surface area contributed by atoms with Crippen LogP contribution in [0.3, 0.4) is 0 Å². The number of aliphatic imine (C=N–C) groups is 1. The van der Waals surface area contributed by atoms with Gasteiger partial charge in [-0.15, -0.1) is 0 Å². The first-order valence-corrected chi connectivity index (χ1v) is 9.32. The van der Waals surface area contributed by atoms with E-state index in [1.807, 2.05) is 18.2 Å². The molecule has 25 heavy (non-hydrogen) atoms. The van der Waals surface area contributed by atoms with E-state index in [1.165, 1.54) is 5.56 Å². The largest absolute Gasteiger partial charge is 0.381 e. The minimum atomic E-state index is 0.129. The number of guanidine groups is 1. The zero-order valence-electron chi connectivity index (χ0n) is 16.3. The third kappa shape index (κ3) is 10.8. The molecule has 0 saturated carbocycles. The van der Waals surface area contributed by atoms with Crippen LogP contribution in [0.25, 0.3) is 0 Å². The fourth-order valence-corrected chi connectivity index (χ4v) is 2.28. The smallest absolute Gasteiger partial charge is 0.190 e. The highest BCUT2D eigenvalue weighted by atomic mass is 16.5. The minimum Gasteiger partial charge on any atom is -0.381 e. The van der Waals surface area contributed by atoms with Crippen LogP contribution in [0.1, 0.15) is 45.3 Å². The van der Waals surface area contributed by atoms with E-state index in [9.17, 15) is 0 Å². The monoisotopic (exact) mass is 349 g/mol. The summed E-state index contributed by atoms with van der Waals surface area (Å²) in [6, 6.07) is 10.3. The molecule has 0 bridgehead atoms. The second-order valence-electron chi connectivity index (χ2n) is 6.53. The zero-order chi connectivity index (χ0) is 18.3. The molecule has 1 atom stereocenters. The number of benzene rings is 1. The molecule has 0 amide bonds. The summed E-state index contributed by atoms with van der Waals surface area (Å²) < 4.78 is 11.4. The quantitative estimate of drug-likeness (QED) is 0.345. The first-order chi connectivity index (χ1) is 12.1. The molecule has 1 unspecified atom stereocenters. The lowest BCUT2D eigenvalue weighted by atomic mass is 10.1. The SMILES string of the molecule is CN=C(NCCCOCC(C)C)NCCCOC(C)c1ccccc1. The van der Waals surface area contributed by atoms with Gasteiger partial charge in [0.1, 0.15) is 0 Å². The van der Waals surface area contributed by atoms with Crippen molar-refractivity contribution in [3.05, 3.63) is 35.9 Å². The van der Waals surface area contributed by atoms with Crippen molar-refractivity contribution in [2.24, 2.45) is 10.9 Å². The molecule has 1 rings (SSSR count). The maximum Gasteiger partial charge on any atom is 0.190 e. The molecule has 0 radical (unpaired) electrons. The third-order valence-electron chi connectivity index (χ3n) is 3.68. The molecule has 1 aromatic carbocycles. The maximum atomic E-state index is 5.87. The Morgan fingerprint density at radius 3 is 2.24 bits per heavy atom. The summed E-state index contributed by atoms with van der Waals surface area (Å²) in [6.07, 6.45) is 2.05. The topological polar surface area (TPSA) is 54.9 Å². The lowest BCUT2D eigenvalue weighted by molar-refractivity contribution is 0.0646. The summed E-state index contributed by atoms with van der Waals surface area (Å²) in [5, 5.41) is 6.61. The number of hydrogen-bond donors (Lipinski definition) is 2. The molecule has 2 N–H and O–H groups in total. The van der Waals surface area contributed by atoms with Crippen LogP contribution in [-0.2, 0) is 9.47 Å². The van der Waals surface area contributed by atoms with Crippen LogP contribution in [0.15, 0.2) is 35.3 Å². The second-order valence-corrected chi connectivity index (χ2v) is 6.53. The van der Waals surface area contributed by atoms with Gasteiger partial charge in [-0.1, -0.05) is 44.2 Å². The average Bonchev–Trinajstić information content (AvgIpc) is 2.62. The molecule has 0 saturated heterocycles. The van der Waals surface area contributed by atoms with Crippen molar-refractivity contribution in [2.75, 3.05) is 40.0 Å². The normalized spacial score (nSPS) is 13.1. The van der Waals surface area contributed by atoms with E-state index in [1.54, 1.807) is 7.05 Å². The van der Waals surface area contributed by atoms with E-state index in [-0.39, 0.29) is 6.10 Å². The van der Waals surface area contributed by atoms with Gasteiger partial charge in [0, 0.05) is 40.0 Å². The van der Waals surface area contributed by atoms with Crippen LogP contribution in [0.4, 0.5) is 0 Å². The summed E-state index contributed by atoms with van der Waals surface area (Å²) in [7, 11) is 1.79. The van der Waals surface area contributed by atoms with Gasteiger partial charge in [0.05, 0.1) is 6.10 Å². The van der Waals surface area contributed by atoms with Gasteiger partial charge in [0.15, 0.2) is 5.96 Å². The van der Waals surface area contributed by atoms with Crippen molar-refractivity contribution in [1.82, 2.24) is 10.6 Å². The van der Waals surface area contributed by atoms with Crippen molar-refractivity contribution in [1.29, 1.82) is 0 Å². The Kier molecular flexibility index (Phi) is 11.7. The van der Waals surface area contributed by atoms with Gasteiger partial charge in [-0.05, 0) is 31.2 Å². The van der Waals surface area contributed by atoms with Crippen LogP contribution in [0.2, 0.25) is 0 Å². The minimum absolute atomic E-state index is 0.129. The highest BCUT2D eigenvalue weighted by Gasteiger charge is 2.04. The Bertz CT molecular complexity index is 463. The lowest BCUT2D eigenvalue weighted by Crippen LogP contribution is -2.38. The molecule has 0 spiro atoms. The van der Waals surface area contributed by atoms with Crippen molar-refractivity contribution in [3.63, 3.8) is 0 Å². The van der Waals surface area contributed by atoms with E-state index < -0.39 is 0 Å². The summed E-state index contributed by atoms with van der Waals surface area (Å²) in [5.41, 5.74) is 1.22. The highest BCUT2D eigenvalue weighted by Crippen LogP contribution is 2.15. The Morgan fingerprint density at radius 2 is 1.64 bits per heavy atom. The van der Waals surface area contributed by atoms with Gasteiger partial charge in [-0.25, -0.2) is 0 Å². The Labute approximate surface area is 153 Å². The van der Waals surface area contributed by atoms with E-state index in [2.05, 4.69) is 48.5 Å². The highest BCUT2D eigenvalue weighted by molar-refractivity contribution is 5.79. The number of nitrogens with zero attached hydrogens (tertiary/aromatic N) is 1. The first kappa shape index (κ1) is 21.5. The summed E-state index contributed by atoms with van der Waals surface area (Å²) >= 11 is 0. The van der Waals surface area contributed by atoms with Crippen molar-refractivity contribution >= 4 is 5.96 Å². The number of nitrogens with one attached hydrogen (secondary N) is 2. The summed E-state index contributed by atoms with van der Waals surface area (Å²) in [6.45, 7) is 10.4. The lowest BCUT2D eigenvalue weighted by Gasteiger charge is -2.15. The van der Waals surface area contributed by atoms with Gasteiger partial charge in [-0.2, -0.15) is 0 Å². The molecular formula is C20H35N3O2. The standard InChI is InChI=1S/C20H35N3O2/c1-17(2)16-24-14-8-12-22-20(21-4)23-13-9-15-25-18(3)19-10-6-5-7-11-19/h5-7,10-11,17-18H,8-9,12-16H2,1-4H3,(H2,21,22,23). The van der Waals surface area contributed by atoms with Gasteiger partial charge in [0.25, 0.3) is 0 Å². The molecule has 5 nitrogen and oxygen atoms in total. The zero-order valence-corrected chi connectivity index (χ0v) is 16.3. The Balaban J connectivity index is 2.03. The van der Waals surface area contributed by atoms with Gasteiger partial charge >= 0.3 is 0 Å². The molecule has 0 aromatic heterocycles. The van der Waals surface area contributed by atoms with Crippen LogP contribution in [-0.4, -0.2) is 45.9 Å². The fourth-order valence-electron chi connectivity index (χ4n) is 2.28. The Hall–Kier alpha value is -1.59. The van der Waals surface area contributed by atoms with Gasteiger partial charge < -0.3 is 20.1 Å². The van der Waals surface area contributed by atoms with Gasteiger partial charge in [0.2, 0.25) is 0 Å². The Morgan fingerprint density at radius 1 is 1.00 bits per heavy atom. The van der Waals surface area contributed by atoms with E-state index in [4.69, 9.17) is 9.47 Å². The van der Waals surface area contributed by atoms with Crippen LogP contribution >= 0.6 is 0 Å². The van der Waals surface area contributed by atoms with E-state index in [0.29, 0.717) is 5.92 Å². The first-order valence-electron chi connectivity index (χ1n) is 9.32. The predicted molar refractivity (Wildman–Crippen MR) is 105 cm³/mol. The van der Waals surface area contributed by atoms with Gasteiger partial charge in [-0.3, -0.25) is 4.99 Å². The molecular weight excluding hydrogens is 314 g/mol. The number of hydrogen-bond acceptors (Lipinski definition) is 3. The molecule has 5 heteroatoms. The van der Waals surface area contributed by atoms with Crippen LogP contribution < -0.4 is 10.6 Å². The molecule has 0 heterocycles. The molecule has 0 aliphatic rings. The van der Waals surface area contributed by atoms with E-state index in [0.717, 1.165) is 51.7 Å². The summed E-state index contributed by atoms with van der Waals surface area (Å²) in [5.74, 6) is 1.43. The number of rotatable bonds is 12. The van der Waals surface area contributed by atoms with Crippen LogP contribution in [0.5, 0.6) is 0 Å². The fraction of sp³-hybridized carbons (Fsp3) is 0.650. The van der Waals surface area contributed by atoms with Crippen molar-refractivity contribution < 1.29 is 9.47 Å². The average molecular weight is 350 g/mol. The molecule has 0 fully saturated rings. The summed E-state index contributed by atoms with van der Waals surface area (Å²) in [4.78, 5) is 4.23. The van der Waals surface area contributed by atoms with Crippen molar-refractivity contribution in [2.45, 2.75) is 39.7 Å². The molecule has 0 aliphatic heterocycles. The predicted octanol–water partition coefficient (Wildman–Crippen LogP) is 3.38. The van der Waals surface area contributed by atoms with E-state index >= 15 is 0 Å². The third-order valence-corrected chi connectivity index (χ3v) is 3.68. The molecule has 0 aliphatic carbocycles. The second kappa shape index (κ2) is 13.7.